The van der Waals surface area contributed by atoms with E-state index in [0.717, 1.165) is 32.5 Å². The summed E-state index contributed by atoms with van der Waals surface area (Å²) in [6.07, 6.45) is 6.78. The van der Waals surface area contributed by atoms with Crippen molar-refractivity contribution in [3.05, 3.63) is 30.1 Å². The molecule has 15 heavy (non-hydrogen) atoms. The second-order valence-corrected chi connectivity index (χ2v) is 4.59. The number of alkyl halides is 1. The fourth-order valence-electron chi connectivity index (χ4n) is 1.99. The smallest absolute Gasteiger partial charge is 0.0469 e. The van der Waals surface area contributed by atoms with Gasteiger partial charge in [-0.25, -0.2) is 0 Å². The first-order valence-electron chi connectivity index (χ1n) is 5.47. The van der Waals surface area contributed by atoms with Gasteiger partial charge in [0.25, 0.3) is 0 Å². The predicted molar refractivity (Wildman–Crippen MR) is 61.1 cm³/mol. The monoisotopic (exact) mass is 225 g/mol. The van der Waals surface area contributed by atoms with Crippen LogP contribution in [0.15, 0.2) is 24.5 Å². The first-order valence-corrected chi connectivity index (χ1v) is 5.90. The largest absolute Gasteiger partial charge is 0.381 e. The normalized spacial score (nSPS) is 20.1. The van der Waals surface area contributed by atoms with Gasteiger partial charge in [-0.1, -0.05) is 0 Å². The maximum Gasteiger partial charge on any atom is 0.0469 e. The molecule has 0 aromatic carbocycles. The van der Waals surface area contributed by atoms with E-state index >= 15 is 0 Å². The van der Waals surface area contributed by atoms with Gasteiger partial charge >= 0.3 is 0 Å². The fraction of sp³-hybridized carbons (Fsp3) is 0.583. The highest BCUT2D eigenvalue weighted by Crippen LogP contribution is 2.25. The Kier molecular flexibility index (Phi) is 3.98. The van der Waals surface area contributed by atoms with Crippen molar-refractivity contribution in [1.82, 2.24) is 4.98 Å². The highest BCUT2D eigenvalue weighted by molar-refractivity contribution is 6.20. The van der Waals surface area contributed by atoms with Crippen molar-refractivity contribution in [2.24, 2.45) is 5.92 Å². The average Bonchev–Trinajstić information content (AvgIpc) is 2.31. The Balaban J connectivity index is 1.88. The van der Waals surface area contributed by atoms with E-state index in [0.29, 0.717) is 5.92 Å². The highest BCUT2D eigenvalue weighted by Gasteiger charge is 2.22. The summed E-state index contributed by atoms with van der Waals surface area (Å²) in [5, 5.41) is 0.233. The molecule has 1 aromatic heterocycles. The van der Waals surface area contributed by atoms with Crippen LogP contribution in [0.2, 0.25) is 0 Å². The Morgan fingerprint density at radius 3 is 2.67 bits per heavy atom. The summed E-state index contributed by atoms with van der Waals surface area (Å²) < 4.78 is 5.33. The van der Waals surface area contributed by atoms with Gasteiger partial charge in [0.05, 0.1) is 0 Å². The third-order valence-electron chi connectivity index (χ3n) is 2.96. The van der Waals surface area contributed by atoms with Crippen LogP contribution in [0.5, 0.6) is 0 Å². The van der Waals surface area contributed by atoms with Crippen molar-refractivity contribution in [3.63, 3.8) is 0 Å². The molecule has 2 rings (SSSR count). The number of hydrogen-bond acceptors (Lipinski definition) is 2. The van der Waals surface area contributed by atoms with Crippen LogP contribution in [0.1, 0.15) is 18.4 Å². The second-order valence-electron chi connectivity index (χ2n) is 4.03. The molecule has 82 valence electrons. The third kappa shape index (κ3) is 3.18. The molecule has 0 N–H and O–H groups in total. The Hall–Kier alpha value is -0.600. The van der Waals surface area contributed by atoms with E-state index in [1.807, 2.05) is 24.5 Å². The Labute approximate surface area is 95.6 Å². The number of nitrogens with zero attached hydrogens (tertiary/aromatic N) is 1. The van der Waals surface area contributed by atoms with E-state index in [1.165, 1.54) is 5.56 Å². The molecule has 0 radical (unpaired) electrons. The summed E-state index contributed by atoms with van der Waals surface area (Å²) in [5.41, 5.74) is 1.27. The van der Waals surface area contributed by atoms with E-state index < -0.39 is 0 Å². The maximum absolute atomic E-state index is 6.42. The molecule has 1 aliphatic heterocycles. The number of aromatic nitrogens is 1. The van der Waals surface area contributed by atoms with Crippen LogP contribution in [0.4, 0.5) is 0 Å². The van der Waals surface area contributed by atoms with Crippen molar-refractivity contribution in [2.75, 3.05) is 13.2 Å². The van der Waals surface area contributed by atoms with Crippen molar-refractivity contribution < 1.29 is 4.74 Å². The van der Waals surface area contributed by atoms with Gasteiger partial charge in [0.15, 0.2) is 0 Å². The molecule has 0 amide bonds. The SMILES string of the molecule is ClC(Cc1ccncc1)C1CCOCC1. The molecule has 0 spiro atoms. The van der Waals surface area contributed by atoms with Gasteiger partial charge in [0, 0.05) is 31.0 Å². The molecule has 0 saturated carbocycles. The van der Waals surface area contributed by atoms with Crippen LogP contribution in [-0.4, -0.2) is 23.6 Å². The number of hydrogen-bond donors (Lipinski definition) is 0. The molecule has 0 bridgehead atoms. The van der Waals surface area contributed by atoms with Gasteiger partial charge in [-0.3, -0.25) is 4.98 Å². The van der Waals surface area contributed by atoms with E-state index in [9.17, 15) is 0 Å². The minimum atomic E-state index is 0.233. The lowest BCUT2D eigenvalue weighted by Gasteiger charge is -2.26. The minimum Gasteiger partial charge on any atom is -0.381 e. The van der Waals surface area contributed by atoms with E-state index in [-0.39, 0.29) is 5.38 Å². The van der Waals surface area contributed by atoms with Gasteiger partial charge < -0.3 is 4.74 Å². The van der Waals surface area contributed by atoms with Crippen molar-refractivity contribution in [3.8, 4) is 0 Å². The number of ether oxygens (including phenoxy) is 1. The summed E-state index contributed by atoms with van der Waals surface area (Å²) in [7, 11) is 0. The van der Waals surface area contributed by atoms with Gasteiger partial charge in [-0.05, 0) is 42.9 Å². The molecule has 1 fully saturated rings. The van der Waals surface area contributed by atoms with Crippen LogP contribution < -0.4 is 0 Å². The summed E-state index contributed by atoms with van der Waals surface area (Å²) in [6, 6.07) is 4.07. The van der Waals surface area contributed by atoms with Gasteiger partial charge in [0.2, 0.25) is 0 Å². The molecule has 1 aliphatic rings. The van der Waals surface area contributed by atoms with Crippen LogP contribution in [0.25, 0.3) is 0 Å². The summed E-state index contributed by atoms with van der Waals surface area (Å²) in [4.78, 5) is 4.00. The number of pyridine rings is 1. The van der Waals surface area contributed by atoms with Crippen LogP contribution >= 0.6 is 11.6 Å². The van der Waals surface area contributed by atoms with E-state index in [4.69, 9.17) is 16.3 Å². The lowest BCUT2D eigenvalue weighted by Crippen LogP contribution is -2.25. The van der Waals surface area contributed by atoms with Crippen LogP contribution in [0, 0.1) is 5.92 Å². The van der Waals surface area contributed by atoms with Crippen molar-refractivity contribution in [1.29, 1.82) is 0 Å². The summed E-state index contributed by atoms with van der Waals surface area (Å²) >= 11 is 6.42. The minimum absolute atomic E-state index is 0.233. The molecule has 1 atom stereocenters. The van der Waals surface area contributed by atoms with E-state index in [2.05, 4.69) is 4.98 Å². The number of halogens is 1. The number of rotatable bonds is 3. The standard InChI is InChI=1S/C12H16ClNO/c13-12(11-3-7-15-8-4-11)9-10-1-5-14-6-2-10/h1-2,5-6,11-12H,3-4,7-9H2. The molecule has 0 aliphatic carbocycles. The predicted octanol–water partition coefficient (Wildman–Crippen LogP) is 2.66. The van der Waals surface area contributed by atoms with E-state index in [1.54, 1.807) is 0 Å². The highest BCUT2D eigenvalue weighted by atomic mass is 35.5. The second kappa shape index (κ2) is 5.47. The quantitative estimate of drug-likeness (QED) is 0.738. The van der Waals surface area contributed by atoms with Gasteiger partial charge in [-0.2, -0.15) is 0 Å². The molecule has 3 heteroatoms. The average molecular weight is 226 g/mol. The van der Waals surface area contributed by atoms with Crippen LogP contribution in [0.3, 0.4) is 0 Å². The molecule has 1 aromatic rings. The van der Waals surface area contributed by atoms with Crippen molar-refractivity contribution in [2.45, 2.75) is 24.6 Å². The summed E-state index contributed by atoms with van der Waals surface area (Å²) in [6.45, 7) is 1.73. The first-order chi connectivity index (χ1) is 7.36. The zero-order valence-electron chi connectivity index (χ0n) is 8.73. The topological polar surface area (TPSA) is 22.1 Å². The molecular formula is C12H16ClNO. The Bertz CT molecular complexity index is 285. The lowest BCUT2D eigenvalue weighted by atomic mass is 9.92. The van der Waals surface area contributed by atoms with Crippen LogP contribution in [-0.2, 0) is 11.2 Å². The molecule has 1 saturated heterocycles. The van der Waals surface area contributed by atoms with Gasteiger partial charge in [-0.15, -0.1) is 11.6 Å². The zero-order valence-corrected chi connectivity index (χ0v) is 9.49. The Morgan fingerprint density at radius 1 is 1.33 bits per heavy atom. The summed E-state index contributed by atoms with van der Waals surface area (Å²) in [5.74, 6) is 0.605. The molecule has 1 unspecified atom stereocenters. The molecular weight excluding hydrogens is 210 g/mol. The Morgan fingerprint density at radius 2 is 2.00 bits per heavy atom. The van der Waals surface area contributed by atoms with Gasteiger partial charge in [0.1, 0.15) is 0 Å². The third-order valence-corrected chi connectivity index (χ3v) is 3.47. The molecule has 2 nitrogen and oxygen atoms in total. The fourth-order valence-corrected chi connectivity index (χ4v) is 2.42. The maximum atomic E-state index is 6.42. The lowest BCUT2D eigenvalue weighted by molar-refractivity contribution is 0.0651. The molecule has 2 heterocycles. The van der Waals surface area contributed by atoms with Crippen molar-refractivity contribution >= 4 is 11.6 Å². The first kappa shape index (κ1) is 10.9. The zero-order chi connectivity index (χ0) is 10.5.